The van der Waals surface area contributed by atoms with E-state index >= 15 is 0 Å². The number of allylic oxidation sites excluding steroid dienone is 1. The largest absolute Gasteiger partial charge is 0.478 e. The van der Waals surface area contributed by atoms with Crippen molar-refractivity contribution >= 4 is 12.0 Å². The molecule has 0 radical (unpaired) electrons. The lowest BCUT2D eigenvalue weighted by Crippen LogP contribution is -1.94. The van der Waals surface area contributed by atoms with Gasteiger partial charge in [-0.3, -0.25) is 0 Å². The summed E-state index contributed by atoms with van der Waals surface area (Å²) in [4.78, 5) is 10.5. The molecule has 1 rings (SSSR count). The second-order valence-electron chi connectivity index (χ2n) is 2.69. The van der Waals surface area contributed by atoms with Crippen LogP contribution in [0.3, 0.4) is 0 Å². The van der Waals surface area contributed by atoms with Crippen LogP contribution in [0.1, 0.15) is 22.3 Å². The minimum Gasteiger partial charge on any atom is -0.478 e. The molecule has 0 heterocycles. The van der Waals surface area contributed by atoms with Crippen molar-refractivity contribution in [3.05, 3.63) is 41.5 Å². The Labute approximate surface area is 81.9 Å². The van der Waals surface area contributed by atoms with Crippen LogP contribution in [-0.2, 0) is 0 Å². The maximum atomic E-state index is 10.5. The van der Waals surface area contributed by atoms with Gasteiger partial charge in [0.1, 0.15) is 0 Å². The normalized spacial score (nSPS) is 9.93. The molecule has 0 saturated heterocycles. The van der Waals surface area contributed by atoms with Crippen molar-refractivity contribution < 1.29 is 9.90 Å². The summed E-state index contributed by atoms with van der Waals surface area (Å²) < 4.78 is 0. The minimum atomic E-state index is -0.933. The van der Waals surface area contributed by atoms with Gasteiger partial charge < -0.3 is 5.11 Å². The molecule has 0 aliphatic heterocycles. The van der Waals surface area contributed by atoms with E-state index in [0.717, 1.165) is 5.56 Å². The monoisotopic (exact) mass is 187 g/mol. The molecule has 0 spiro atoms. The number of carboxylic acids is 1. The number of aromatic carboxylic acids is 1. The minimum absolute atomic E-state index is 0.266. The molecule has 1 aromatic rings. The molecule has 0 saturated carbocycles. The van der Waals surface area contributed by atoms with Crippen LogP contribution in [0, 0.1) is 11.3 Å². The van der Waals surface area contributed by atoms with Gasteiger partial charge in [-0.1, -0.05) is 24.3 Å². The summed E-state index contributed by atoms with van der Waals surface area (Å²) in [6, 6.07) is 8.47. The quantitative estimate of drug-likeness (QED) is 0.789. The Hall–Kier alpha value is -2.08. The third kappa shape index (κ3) is 2.76. The van der Waals surface area contributed by atoms with Gasteiger partial charge in [0, 0.05) is 0 Å². The summed E-state index contributed by atoms with van der Waals surface area (Å²) in [5.74, 6) is -0.933. The standard InChI is InChI=1S/C11H9NO2/c12-8-2-1-3-9-4-6-10(7-5-9)11(13)14/h1,3-7H,2H2,(H,13,14). The number of hydrogen-bond donors (Lipinski definition) is 1. The molecule has 0 aromatic heterocycles. The van der Waals surface area contributed by atoms with Crippen LogP contribution in [0.25, 0.3) is 6.08 Å². The van der Waals surface area contributed by atoms with Crippen molar-refractivity contribution in [3.63, 3.8) is 0 Å². The Bertz CT molecular complexity index is 385. The number of nitriles is 1. The van der Waals surface area contributed by atoms with Gasteiger partial charge in [-0.25, -0.2) is 4.79 Å². The topological polar surface area (TPSA) is 61.1 Å². The third-order valence-electron chi connectivity index (χ3n) is 1.68. The van der Waals surface area contributed by atoms with E-state index in [1.807, 2.05) is 6.07 Å². The maximum Gasteiger partial charge on any atom is 0.335 e. The second-order valence-corrected chi connectivity index (χ2v) is 2.69. The third-order valence-corrected chi connectivity index (χ3v) is 1.68. The predicted octanol–water partition coefficient (Wildman–Crippen LogP) is 2.31. The molecule has 0 fully saturated rings. The number of rotatable bonds is 3. The van der Waals surface area contributed by atoms with Crippen molar-refractivity contribution in [1.29, 1.82) is 5.26 Å². The Morgan fingerprint density at radius 3 is 2.57 bits per heavy atom. The first kappa shape index (κ1) is 10.0. The molecule has 70 valence electrons. The van der Waals surface area contributed by atoms with Gasteiger partial charge in [-0.2, -0.15) is 5.26 Å². The van der Waals surface area contributed by atoms with Crippen LogP contribution in [0.15, 0.2) is 30.3 Å². The fraction of sp³-hybridized carbons (Fsp3) is 0.0909. The fourth-order valence-electron chi connectivity index (χ4n) is 0.985. The van der Waals surface area contributed by atoms with Crippen LogP contribution in [0.5, 0.6) is 0 Å². The summed E-state index contributed by atoms with van der Waals surface area (Å²) in [6.45, 7) is 0. The van der Waals surface area contributed by atoms with E-state index < -0.39 is 5.97 Å². The number of nitrogens with zero attached hydrogens (tertiary/aromatic N) is 1. The molecule has 1 N–H and O–H groups in total. The molecule has 1 aromatic carbocycles. The highest BCUT2D eigenvalue weighted by molar-refractivity contribution is 5.87. The zero-order valence-corrected chi connectivity index (χ0v) is 7.47. The predicted molar refractivity (Wildman–Crippen MR) is 52.7 cm³/mol. The van der Waals surface area contributed by atoms with Crippen molar-refractivity contribution in [2.75, 3.05) is 0 Å². The molecule has 3 heteroatoms. The summed E-state index contributed by atoms with van der Waals surface area (Å²) >= 11 is 0. The SMILES string of the molecule is N#CCC=Cc1ccc(C(=O)O)cc1. The van der Waals surface area contributed by atoms with Gasteiger partial charge in [0.25, 0.3) is 0 Å². The molecule has 0 amide bonds. The molecule has 0 bridgehead atoms. The van der Waals surface area contributed by atoms with Crippen LogP contribution in [0.2, 0.25) is 0 Å². The Morgan fingerprint density at radius 2 is 2.07 bits per heavy atom. The first-order valence-corrected chi connectivity index (χ1v) is 4.11. The average molecular weight is 187 g/mol. The van der Waals surface area contributed by atoms with Gasteiger partial charge in [0.15, 0.2) is 0 Å². The Balaban J connectivity index is 2.74. The van der Waals surface area contributed by atoms with Crippen LogP contribution >= 0.6 is 0 Å². The number of hydrogen-bond acceptors (Lipinski definition) is 2. The first-order valence-electron chi connectivity index (χ1n) is 4.11. The Morgan fingerprint density at radius 1 is 1.43 bits per heavy atom. The van der Waals surface area contributed by atoms with E-state index in [1.54, 1.807) is 24.3 Å². The summed E-state index contributed by atoms with van der Waals surface area (Å²) in [6.07, 6.45) is 3.88. The number of benzene rings is 1. The number of carbonyl (C=O) groups is 1. The molecule has 0 aliphatic rings. The van der Waals surface area contributed by atoms with E-state index in [1.165, 1.54) is 12.1 Å². The summed E-state index contributed by atoms with van der Waals surface area (Å²) in [5.41, 5.74) is 1.16. The van der Waals surface area contributed by atoms with E-state index in [9.17, 15) is 4.79 Å². The van der Waals surface area contributed by atoms with E-state index in [2.05, 4.69) is 0 Å². The zero-order chi connectivity index (χ0) is 10.4. The molecule has 0 aliphatic carbocycles. The maximum absolute atomic E-state index is 10.5. The van der Waals surface area contributed by atoms with Gasteiger partial charge >= 0.3 is 5.97 Å². The highest BCUT2D eigenvalue weighted by atomic mass is 16.4. The van der Waals surface area contributed by atoms with Crippen molar-refractivity contribution in [1.82, 2.24) is 0 Å². The molecule has 14 heavy (non-hydrogen) atoms. The fourth-order valence-corrected chi connectivity index (χ4v) is 0.985. The average Bonchev–Trinajstić information content (AvgIpc) is 2.19. The van der Waals surface area contributed by atoms with E-state index in [4.69, 9.17) is 10.4 Å². The van der Waals surface area contributed by atoms with Gasteiger partial charge in [-0.15, -0.1) is 0 Å². The lowest BCUT2D eigenvalue weighted by molar-refractivity contribution is 0.0697. The molecule has 3 nitrogen and oxygen atoms in total. The smallest absolute Gasteiger partial charge is 0.335 e. The van der Waals surface area contributed by atoms with E-state index in [-0.39, 0.29) is 5.56 Å². The first-order chi connectivity index (χ1) is 6.74. The van der Waals surface area contributed by atoms with E-state index in [0.29, 0.717) is 6.42 Å². The molecular weight excluding hydrogens is 178 g/mol. The summed E-state index contributed by atoms with van der Waals surface area (Å²) in [5, 5.41) is 16.9. The van der Waals surface area contributed by atoms with Crippen molar-refractivity contribution in [3.8, 4) is 6.07 Å². The highest BCUT2D eigenvalue weighted by Gasteiger charge is 1.99. The lowest BCUT2D eigenvalue weighted by atomic mass is 10.1. The molecular formula is C11H9NO2. The number of carboxylic acid groups (broad SMARTS) is 1. The van der Waals surface area contributed by atoms with Crippen molar-refractivity contribution in [2.24, 2.45) is 0 Å². The summed E-state index contributed by atoms with van der Waals surface area (Å²) in [7, 11) is 0. The zero-order valence-electron chi connectivity index (χ0n) is 7.47. The Kier molecular flexibility index (Phi) is 3.45. The highest BCUT2D eigenvalue weighted by Crippen LogP contribution is 2.06. The van der Waals surface area contributed by atoms with Crippen LogP contribution in [-0.4, -0.2) is 11.1 Å². The van der Waals surface area contributed by atoms with Crippen LogP contribution in [0.4, 0.5) is 0 Å². The van der Waals surface area contributed by atoms with Crippen LogP contribution < -0.4 is 0 Å². The van der Waals surface area contributed by atoms with Gasteiger partial charge in [0.05, 0.1) is 18.1 Å². The second kappa shape index (κ2) is 4.83. The van der Waals surface area contributed by atoms with Gasteiger partial charge in [0.2, 0.25) is 0 Å². The van der Waals surface area contributed by atoms with Crippen molar-refractivity contribution in [2.45, 2.75) is 6.42 Å². The molecule has 0 atom stereocenters. The lowest BCUT2D eigenvalue weighted by Gasteiger charge is -1.94. The van der Waals surface area contributed by atoms with Gasteiger partial charge in [-0.05, 0) is 17.7 Å². The molecule has 0 unspecified atom stereocenters.